The molecule has 1 atom stereocenters. The first-order valence-electron chi connectivity index (χ1n) is 7.14. The van der Waals surface area contributed by atoms with Crippen LogP contribution in [0.2, 0.25) is 0 Å². The Bertz CT molecular complexity index is 394. The maximum atomic E-state index is 14.1. The number of hydrogen-bond acceptors (Lipinski definition) is 1. The van der Waals surface area contributed by atoms with Crippen molar-refractivity contribution in [1.29, 1.82) is 0 Å². The minimum absolute atomic E-state index is 0.109. The molecule has 0 bridgehead atoms. The molecule has 1 aromatic carbocycles. The lowest BCUT2D eigenvalue weighted by Crippen LogP contribution is -2.26. The SMILES string of the molecule is CCC1CCC(C(N)c2cccc(C)c2F)CC1. The fourth-order valence-corrected chi connectivity index (χ4v) is 3.14. The molecular weight excluding hydrogens is 225 g/mol. The van der Waals surface area contributed by atoms with E-state index in [0.29, 0.717) is 17.0 Å². The van der Waals surface area contributed by atoms with E-state index >= 15 is 0 Å². The highest BCUT2D eigenvalue weighted by Crippen LogP contribution is 2.37. The van der Waals surface area contributed by atoms with Gasteiger partial charge in [0.15, 0.2) is 0 Å². The van der Waals surface area contributed by atoms with E-state index in [9.17, 15) is 4.39 Å². The van der Waals surface area contributed by atoms with Crippen LogP contribution in [-0.2, 0) is 0 Å². The van der Waals surface area contributed by atoms with Gasteiger partial charge in [-0.1, -0.05) is 44.4 Å². The van der Waals surface area contributed by atoms with Gasteiger partial charge in [0.25, 0.3) is 0 Å². The third kappa shape index (κ3) is 2.74. The summed E-state index contributed by atoms with van der Waals surface area (Å²) in [5, 5.41) is 0. The van der Waals surface area contributed by atoms with Gasteiger partial charge >= 0.3 is 0 Å². The first kappa shape index (κ1) is 13.5. The third-order valence-corrected chi connectivity index (χ3v) is 4.56. The van der Waals surface area contributed by atoms with Gasteiger partial charge in [-0.05, 0) is 37.2 Å². The van der Waals surface area contributed by atoms with E-state index in [1.54, 1.807) is 13.0 Å². The van der Waals surface area contributed by atoms with Crippen LogP contribution in [0, 0.1) is 24.6 Å². The van der Waals surface area contributed by atoms with Crippen molar-refractivity contribution in [2.24, 2.45) is 17.6 Å². The van der Waals surface area contributed by atoms with E-state index in [1.165, 1.54) is 19.3 Å². The van der Waals surface area contributed by atoms with Gasteiger partial charge in [0.2, 0.25) is 0 Å². The minimum Gasteiger partial charge on any atom is -0.324 e. The van der Waals surface area contributed by atoms with Crippen molar-refractivity contribution in [3.05, 3.63) is 35.1 Å². The Labute approximate surface area is 110 Å². The fourth-order valence-electron chi connectivity index (χ4n) is 3.14. The van der Waals surface area contributed by atoms with Crippen LogP contribution in [0.3, 0.4) is 0 Å². The number of rotatable bonds is 3. The lowest BCUT2D eigenvalue weighted by molar-refractivity contribution is 0.237. The van der Waals surface area contributed by atoms with Gasteiger partial charge in [0.1, 0.15) is 5.82 Å². The molecule has 1 nitrogen and oxygen atoms in total. The second kappa shape index (κ2) is 5.83. The summed E-state index contributed by atoms with van der Waals surface area (Å²) < 4.78 is 14.1. The molecule has 18 heavy (non-hydrogen) atoms. The summed E-state index contributed by atoms with van der Waals surface area (Å²) in [7, 11) is 0. The number of nitrogens with two attached hydrogens (primary N) is 1. The smallest absolute Gasteiger partial charge is 0.130 e. The summed E-state index contributed by atoms with van der Waals surface area (Å²) in [6, 6.07) is 5.42. The first-order valence-corrected chi connectivity index (χ1v) is 7.14. The Balaban J connectivity index is 2.08. The summed E-state index contributed by atoms with van der Waals surface area (Å²) >= 11 is 0. The second-order valence-electron chi connectivity index (χ2n) is 5.69. The van der Waals surface area contributed by atoms with Gasteiger partial charge in [0.05, 0.1) is 0 Å². The predicted molar refractivity (Wildman–Crippen MR) is 73.8 cm³/mol. The highest BCUT2D eigenvalue weighted by Gasteiger charge is 2.27. The lowest BCUT2D eigenvalue weighted by atomic mass is 9.76. The number of aryl methyl sites for hydroxylation is 1. The highest BCUT2D eigenvalue weighted by molar-refractivity contribution is 5.27. The van der Waals surface area contributed by atoms with E-state index < -0.39 is 0 Å². The molecule has 0 saturated heterocycles. The molecule has 0 aromatic heterocycles. The monoisotopic (exact) mass is 249 g/mol. The van der Waals surface area contributed by atoms with Crippen molar-refractivity contribution in [2.45, 2.75) is 52.0 Å². The number of benzene rings is 1. The second-order valence-corrected chi connectivity index (χ2v) is 5.69. The molecule has 1 aliphatic rings. The Kier molecular flexibility index (Phi) is 4.39. The van der Waals surface area contributed by atoms with E-state index in [0.717, 1.165) is 18.8 Å². The Hall–Kier alpha value is -0.890. The molecule has 0 amide bonds. The highest BCUT2D eigenvalue weighted by atomic mass is 19.1. The molecule has 2 rings (SSSR count). The molecule has 0 aliphatic heterocycles. The van der Waals surface area contributed by atoms with Crippen molar-refractivity contribution in [1.82, 2.24) is 0 Å². The van der Waals surface area contributed by atoms with Gasteiger partial charge < -0.3 is 5.73 Å². The van der Waals surface area contributed by atoms with Gasteiger partial charge in [-0.3, -0.25) is 0 Å². The van der Waals surface area contributed by atoms with Crippen molar-refractivity contribution in [2.75, 3.05) is 0 Å². The van der Waals surface area contributed by atoms with Crippen LogP contribution >= 0.6 is 0 Å². The van der Waals surface area contributed by atoms with Crippen LogP contribution in [0.25, 0.3) is 0 Å². The normalized spacial score (nSPS) is 26.0. The zero-order chi connectivity index (χ0) is 13.1. The molecule has 0 radical (unpaired) electrons. The van der Waals surface area contributed by atoms with Gasteiger partial charge in [-0.2, -0.15) is 0 Å². The van der Waals surface area contributed by atoms with Crippen LogP contribution in [0.1, 0.15) is 56.2 Å². The van der Waals surface area contributed by atoms with E-state index in [1.807, 2.05) is 12.1 Å². The maximum absolute atomic E-state index is 14.1. The van der Waals surface area contributed by atoms with Crippen LogP contribution < -0.4 is 5.73 Å². The summed E-state index contributed by atoms with van der Waals surface area (Å²) in [6.07, 6.45) is 6.06. The standard InChI is InChI=1S/C16H24FN/c1-3-12-7-9-13(10-8-12)16(18)14-6-4-5-11(2)15(14)17/h4-6,12-13,16H,3,7-10,18H2,1-2H3. The average Bonchev–Trinajstić information content (AvgIpc) is 2.41. The number of hydrogen-bond donors (Lipinski definition) is 1. The van der Waals surface area contributed by atoms with E-state index in [2.05, 4.69) is 6.92 Å². The van der Waals surface area contributed by atoms with Gasteiger partial charge in [-0.15, -0.1) is 0 Å². The summed E-state index contributed by atoms with van der Waals surface area (Å²) in [4.78, 5) is 0. The lowest BCUT2D eigenvalue weighted by Gasteiger charge is -2.32. The van der Waals surface area contributed by atoms with Crippen LogP contribution in [-0.4, -0.2) is 0 Å². The summed E-state index contributed by atoms with van der Waals surface area (Å²) in [6.45, 7) is 4.06. The van der Waals surface area contributed by atoms with E-state index in [-0.39, 0.29) is 11.9 Å². The summed E-state index contributed by atoms with van der Waals surface area (Å²) in [5.41, 5.74) is 7.69. The number of halogens is 1. The van der Waals surface area contributed by atoms with Crippen LogP contribution in [0.4, 0.5) is 4.39 Å². The molecule has 0 spiro atoms. The van der Waals surface area contributed by atoms with E-state index in [4.69, 9.17) is 5.73 Å². The van der Waals surface area contributed by atoms with Crippen LogP contribution in [0.5, 0.6) is 0 Å². The van der Waals surface area contributed by atoms with Crippen molar-refractivity contribution in [3.63, 3.8) is 0 Å². The molecule has 1 saturated carbocycles. The van der Waals surface area contributed by atoms with Crippen molar-refractivity contribution >= 4 is 0 Å². The molecule has 1 aromatic rings. The third-order valence-electron chi connectivity index (χ3n) is 4.56. The molecule has 1 aliphatic carbocycles. The van der Waals surface area contributed by atoms with Crippen molar-refractivity contribution < 1.29 is 4.39 Å². The van der Waals surface area contributed by atoms with Gasteiger partial charge in [0, 0.05) is 11.6 Å². The maximum Gasteiger partial charge on any atom is 0.130 e. The topological polar surface area (TPSA) is 26.0 Å². The Morgan fingerprint density at radius 3 is 2.56 bits per heavy atom. The predicted octanol–water partition coefficient (Wildman–Crippen LogP) is 4.35. The fraction of sp³-hybridized carbons (Fsp3) is 0.625. The average molecular weight is 249 g/mol. The zero-order valence-electron chi connectivity index (χ0n) is 11.5. The Morgan fingerprint density at radius 1 is 1.28 bits per heavy atom. The van der Waals surface area contributed by atoms with Crippen LogP contribution in [0.15, 0.2) is 18.2 Å². The molecule has 2 heteroatoms. The molecule has 2 N–H and O–H groups in total. The van der Waals surface area contributed by atoms with Gasteiger partial charge in [-0.25, -0.2) is 4.39 Å². The molecule has 100 valence electrons. The minimum atomic E-state index is -0.136. The zero-order valence-corrected chi connectivity index (χ0v) is 11.5. The first-order chi connectivity index (χ1) is 8.63. The molecule has 1 unspecified atom stereocenters. The largest absolute Gasteiger partial charge is 0.324 e. The quantitative estimate of drug-likeness (QED) is 0.846. The molecule has 0 heterocycles. The van der Waals surface area contributed by atoms with Crippen molar-refractivity contribution in [3.8, 4) is 0 Å². The molecular formula is C16H24FN. The summed E-state index contributed by atoms with van der Waals surface area (Å²) in [5.74, 6) is 1.20. The molecule has 1 fully saturated rings. The Morgan fingerprint density at radius 2 is 1.94 bits per heavy atom.